The Kier molecular flexibility index (Phi) is 47.1. The van der Waals surface area contributed by atoms with Gasteiger partial charge < -0.3 is 20.3 Å². The maximum atomic E-state index is 12.5. The molecule has 0 aliphatic rings. The van der Waals surface area contributed by atoms with E-state index >= 15 is 0 Å². The van der Waals surface area contributed by atoms with Crippen LogP contribution in [0.3, 0.4) is 0 Å². The second kappa shape index (κ2) is 48.3. The minimum absolute atomic E-state index is 0.0300. The molecule has 0 saturated carbocycles. The van der Waals surface area contributed by atoms with Gasteiger partial charge in [0.1, 0.15) is 0 Å². The van der Waals surface area contributed by atoms with Crippen molar-refractivity contribution in [3.05, 3.63) is 12.2 Å². The number of unbranched alkanes of at least 4 members (excludes halogenated alkanes) is 35. The zero-order valence-electron chi connectivity index (χ0n) is 39.0. The smallest absolute Gasteiger partial charge is 0.305 e. The van der Waals surface area contributed by atoms with E-state index in [2.05, 4.69) is 31.3 Å². The molecule has 58 heavy (non-hydrogen) atoms. The predicted molar refractivity (Wildman–Crippen MR) is 250 cm³/mol. The van der Waals surface area contributed by atoms with Gasteiger partial charge in [0.2, 0.25) is 5.91 Å². The van der Waals surface area contributed by atoms with Gasteiger partial charge >= 0.3 is 5.97 Å². The Morgan fingerprint density at radius 3 is 1.22 bits per heavy atom. The lowest BCUT2D eigenvalue weighted by molar-refractivity contribution is -0.143. The summed E-state index contributed by atoms with van der Waals surface area (Å²) in [6, 6.07) is -0.561. The number of hydrogen-bond donors (Lipinski definition) is 3. The van der Waals surface area contributed by atoms with E-state index in [0.29, 0.717) is 25.9 Å². The van der Waals surface area contributed by atoms with Crippen molar-refractivity contribution >= 4 is 11.9 Å². The molecule has 2 unspecified atom stereocenters. The predicted octanol–water partition coefficient (Wildman–Crippen LogP) is 15.3. The van der Waals surface area contributed by atoms with Crippen LogP contribution in [0, 0.1) is 0 Å². The molecule has 1 amide bonds. The summed E-state index contributed by atoms with van der Waals surface area (Å²) < 4.78 is 5.42. The molecule has 0 aliphatic heterocycles. The quantitative estimate of drug-likeness (QED) is 0.0323. The number of esters is 1. The van der Waals surface area contributed by atoms with Gasteiger partial charge in [0, 0.05) is 12.8 Å². The Hall–Kier alpha value is -1.40. The molecular weight excluding hydrogens is 719 g/mol. The third-order valence-corrected chi connectivity index (χ3v) is 12.1. The molecule has 6 heteroatoms. The van der Waals surface area contributed by atoms with Crippen LogP contribution in [0.1, 0.15) is 284 Å². The molecule has 0 aliphatic carbocycles. The van der Waals surface area contributed by atoms with E-state index in [1.54, 1.807) is 0 Å². The molecule has 0 aromatic heterocycles. The van der Waals surface area contributed by atoms with Crippen molar-refractivity contribution in [3.8, 4) is 0 Å². The van der Waals surface area contributed by atoms with Gasteiger partial charge in [-0.15, -0.1) is 0 Å². The van der Waals surface area contributed by atoms with E-state index in [-0.39, 0.29) is 18.5 Å². The molecule has 0 heterocycles. The zero-order valence-corrected chi connectivity index (χ0v) is 39.0. The van der Waals surface area contributed by atoms with Gasteiger partial charge in [-0.2, -0.15) is 0 Å². The SMILES string of the molecule is CCCCCCCCCCCCCCCCCCCCC(O)C(CO)NC(=O)CCCCCCC/C=C\CCCCOC(=O)CCCCCCCCCCCCCC. The summed E-state index contributed by atoms with van der Waals surface area (Å²) >= 11 is 0. The fraction of sp³-hybridized carbons (Fsp3) is 0.923. The molecule has 0 radical (unpaired) electrons. The number of nitrogens with one attached hydrogen (secondary N) is 1. The van der Waals surface area contributed by atoms with Crippen LogP contribution < -0.4 is 5.32 Å². The first-order chi connectivity index (χ1) is 28.5. The van der Waals surface area contributed by atoms with E-state index in [0.717, 1.165) is 77.0 Å². The van der Waals surface area contributed by atoms with Gasteiger partial charge in [-0.3, -0.25) is 9.59 Å². The lowest BCUT2D eigenvalue weighted by Gasteiger charge is -2.22. The van der Waals surface area contributed by atoms with Crippen molar-refractivity contribution in [1.29, 1.82) is 0 Å². The highest BCUT2D eigenvalue weighted by molar-refractivity contribution is 5.76. The lowest BCUT2D eigenvalue weighted by atomic mass is 10.0. The normalized spacial score (nSPS) is 12.7. The number of aliphatic hydroxyl groups excluding tert-OH is 2. The second-order valence-corrected chi connectivity index (χ2v) is 17.9. The largest absolute Gasteiger partial charge is 0.466 e. The highest BCUT2D eigenvalue weighted by Gasteiger charge is 2.20. The fourth-order valence-electron chi connectivity index (χ4n) is 8.05. The molecule has 6 nitrogen and oxygen atoms in total. The Balaban J connectivity index is 3.51. The number of ether oxygens (including phenoxy) is 1. The molecule has 0 aromatic carbocycles. The Morgan fingerprint density at radius 2 is 0.810 bits per heavy atom. The van der Waals surface area contributed by atoms with Crippen LogP contribution >= 0.6 is 0 Å². The van der Waals surface area contributed by atoms with Crippen LogP contribution in [-0.2, 0) is 14.3 Å². The highest BCUT2D eigenvalue weighted by atomic mass is 16.5. The molecule has 0 bridgehead atoms. The van der Waals surface area contributed by atoms with Crippen molar-refractivity contribution in [2.75, 3.05) is 13.2 Å². The number of carbonyl (C=O) groups is 2. The number of carbonyl (C=O) groups excluding carboxylic acids is 2. The van der Waals surface area contributed by atoms with Crippen LogP contribution in [0.5, 0.6) is 0 Å². The van der Waals surface area contributed by atoms with E-state index < -0.39 is 12.1 Å². The topological polar surface area (TPSA) is 95.9 Å². The third-order valence-electron chi connectivity index (χ3n) is 12.1. The van der Waals surface area contributed by atoms with E-state index in [4.69, 9.17) is 4.74 Å². The maximum Gasteiger partial charge on any atom is 0.305 e. The van der Waals surface area contributed by atoms with E-state index in [1.165, 1.54) is 173 Å². The van der Waals surface area contributed by atoms with Gasteiger partial charge in [0.25, 0.3) is 0 Å². The number of aliphatic hydroxyl groups is 2. The monoisotopic (exact) mass is 820 g/mol. The van der Waals surface area contributed by atoms with Crippen LogP contribution in [0.15, 0.2) is 12.2 Å². The van der Waals surface area contributed by atoms with Gasteiger partial charge in [-0.05, 0) is 51.4 Å². The molecule has 0 saturated heterocycles. The maximum absolute atomic E-state index is 12.5. The highest BCUT2D eigenvalue weighted by Crippen LogP contribution is 2.17. The Labute approximate surface area is 361 Å². The number of rotatable bonds is 48. The third kappa shape index (κ3) is 44.2. The Morgan fingerprint density at radius 1 is 0.466 bits per heavy atom. The summed E-state index contributed by atoms with van der Waals surface area (Å²) in [6.07, 6.45) is 54.7. The standard InChI is InChI=1S/C52H101NO5/c1-3-5-7-9-11-13-15-17-18-19-20-21-22-24-28-32-36-40-44-50(55)49(48-54)53-51(56)45-41-37-33-29-25-23-27-31-35-39-43-47-58-52(57)46-42-38-34-30-26-16-14-12-10-8-6-4-2/h27,31,49-50,54-55H,3-26,28-30,32-48H2,1-2H3,(H,53,56)/b31-27-. The van der Waals surface area contributed by atoms with Gasteiger partial charge in [-0.1, -0.05) is 231 Å². The molecular formula is C52H101NO5. The van der Waals surface area contributed by atoms with Crippen molar-refractivity contribution in [2.45, 2.75) is 296 Å². The number of amides is 1. The van der Waals surface area contributed by atoms with Gasteiger partial charge in [-0.25, -0.2) is 0 Å². The van der Waals surface area contributed by atoms with Gasteiger partial charge in [0.15, 0.2) is 0 Å². The minimum atomic E-state index is -0.681. The van der Waals surface area contributed by atoms with E-state index in [9.17, 15) is 19.8 Å². The van der Waals surface area contributed by atoms with Crippen molar-refractivity contribution in [2.24, 2.45) is 0 Å². The summed E-state index contributed by atoms with van der Waals surface area (Å²) in [7, 11) is 0. The van der Waals surface area contributed by atoms with Crippen LogP contribution in [0.25, 0.3) is 0 Å². The number of hydrogen-bond acceptors (Lipinski definition) is 5. The molecule has 3 N–H and O–H groups in total. The van der Waals surface area contributed by atoms with E-state index in [1.807, 2.05) is 0 Å². The molecule has 0 spiro atoms. The first-order valence-electron chi connectivity index (χ1n) is 25.9. The van der Waals surface area contributed by atoms with Crippen LogP contribution in [0.4, 0.5) is 0 Å². The van der Waals surface area contributed by atoms with Crippen LogP contribution in [0.2, 0.25) is 0 Å². The van der Waals surface area contributed by atoms with Crippen LogP contribution in [-0.4, -0.2) is 47.4 Å². The minimum Gasteiger partial charge on any atom is -0.466 e. The first kappa shape index (κ1) is 56.6. The summed E-state index contributed by atoms with van der Waals surface area (Å²) in [5, 5.41) is 23.2. The summed E-state index contributed by atoms with van der Waals surface area (Å²) in [5.41, 5.74) is 0. The molecule has 0 aromatic rings. The summed E-state index contributed by atoms with van der Waals surface area (Å²) in [4.78, 5) is 24.4. The molecule has 0 rings (SSSR count). The molecule has 0 fully saturated rings. The average molecular weight is 820 g/mol. The van der Waals surface area contributed by atoms with Crippen molar-refractivity contribution in [1.82, 2.24) is 5.32 Å². The second-order valence-electron chi connectivity index (χ2n) is 17.9. The van der Waals surface area contributed by atoms with Gasteiger partial charge in [0.05, 0.1) is 25.4 Å². The fourth-order valence-corrected chi connectivity index (χ4v) is 8.05. The summed E-state index contributed by atoms with van der Waals surface area (Å²) in [6.45, 7) is 4.88. The Bertz CT molecular complexity index is 863. The zero-order chi connectivity index (χ0) is 42.3. The molecule has 2 atom stereocenters. The number of allylic oxidation sites excluding steroid dienone is 2. The van der Waals surface area contributed by atoms with Crippen molar-refractivity contribution < 1.29 is 24.5 Å². The molecule has 344 valence electrons. The van der Waals surface area contributed by atoms with Crippen molar-refractivity contribution in [3.63, 3.8) is 0 Å². The first-order valence-corrected chi connectivity index (χ1v) is 25.9. The lowest BCUT2D eigenvalue weighted by Crippen LogP contribution is -2.45. The summed E-state index contributed by atoms with van der Waals surface area (Å²) in [5.74, 6) is -0.0919. The average Bonchev–Trinajstić information content (AvgIpc) is 3.22.